The molecule has 3 aromatic rings. The van der Waals surface area contributed by atoms with Crippen molar-refractivity contribution in [1.29, 1.82) is 0 Å². The minimum Gasteiger partial charge on any atom is -0.450 e. The van der Waals surface area contributed by atoms with Crippen molar-refractivity contribution in [3.05, 3.63) is 23.8 Å². The Morgan fingerprint density at radius 1 is 1.22 bits per heavy atom. The molecule has 2 aromatic heterocycles. The summed E-state index contributed by atoms with van der Waals surface area (Å²) in [5.41, 5.74) is 11.6. The lowest BCUT2D eigenvalue weighted by Gasteiger charge is -2.37. The number of benzene rings is 1. The first-order valence-electron chi connectivity index (χ1n) is 6.90. The van der Waals surface area contributed by atoms with E-state index in [1.54, 1.807) is 0 Å². The summed E-state index contributed by atoms with van der Waals surface area (Å²) in [4.78, 5) is 10.1. The van der Waals surface area contributed by atoms with Crippen LogP contribution >= 0.6 is 0 Å². The quantitative estimate of drug-likeness (QED) is 0.712. The molecule has 0 amide bonds. The number of hydrogen-bond acceptors (Lipinski definition) is 6. The van der Waals surface area contributed by atoms with Gasteiger partial charge in [-0.1, -0.05) is 0 Å². The molecule has 6 nitrogen and oxygen atoms in total. The highest BCUT2D eigenvalue weighted by molar-refractivity contribution is 6.06. The second-order valence-electron chi connectivity index (χ2n) is 5.56. The molecule has 1 aromatic carbocycles. The predicted octanol–water partition coefficient (Wildman–Crippen LogP) is 2.12. The molecule has 0 spiro atoms. The van der Waals surface area contributed by atoms with Gasteiger partial charge in [-0.3, -0.25) is 0 Å². The Kier molecular flexibility index (Phi) is 2.74. The fourth-order valence-electron chi connectivity index (χ4n) is 2.72. The van der Waals surface area contributed by atoms with Gasteiger partial charge in [0, 0.05) is 24.5 Å². The van der Waals surface area contributed by atoms with Gasteiger partial charge in [-0.25, -0.2) is 4.98 Å². The Morgan fingerprint density at radius 2 is 1.96 bits per heavy atom. The van der Waals surface area contributed by atoms with Crippen LogP contribution < -0.4 is 16.4 Å². The largest absolute Gasteiger partial charge is 0.450 e. The van der Waals surface area contributed by atoms with E-state index in [1.165, 1.54) is 6.07 Å². The van der Waals surface area contributed by atoms with Crippen molar-refractivity contribution in [3.8, 4) is 0 Å². The van der Waals surface area contributed by atoms with E-state index >= 15 is 0 Å². The van der Waals surface area contributed by atoms with Crippen LogP contribution in [-0.2, 0) is 6.18 Å². The van der Waals surface area contributed by atoms with Gasteiger partial charge in [-0.05, 0) is 18.2 Å². The number of nitrogen functional groups attached to an aromatic ring is 1. The molecule has 4 rings (SSSR count). The first kappa shape index (κ1) is 14.1. The van der Waals surface area contributed by atoms with Crippen LogP contribution in [0.5, 0.6) is 0 Å². The highest BCUT2D eigenvalue weighted by atomic mass is 19.4. The molecule has 3 heterocycles. The highest BCUT2D eigenvalue weighted by Crippen LogP contribution is 2.38. The average Bonchev–Trinajstić information content (AvgIpc) is 2.80. The van der Waals surface area contributed by atoms with Gasteiger partial charge in [-0.15, -0.1) is 0 Å². The Bertz CT molecular complexity index is 914. The molecule has 0 radical (unpaired) electrons. The van der Waals surface area contributed by atoms with Gasteiger partial charge in [0.2, 0.25) is 5.95 Å². The van der Waals surface area contributed by atoms with Crippen LogP contribution in [0, 0.1) is 0 Å². The van der Waals surface area contributed by atoms with Gasteiger partial charge in [0.25, 0.3) is 0 Å². The molecular formula is C14H12F3N5O. The summed E-state index contributed by atoms with van der Waals surface area (Å²) in [6.45, 7) is 1.16. The number of halogens is 3. The van der Waals surface area contributed by atoms with Gasteiger partial charge in [0.1, 0.15) is 11.1 Å². The number of fused-ring (bicyclic) bond motifs is 3. The number of nitrogens with zero attached hydrogens (tertiary/aromatic N) is 3. The molecule has 0 atom stereocenters. The molecule has 23 heavy (non-hydrogen) atoms. The Morgan fingerprint density at radius 3 is 2.61 bits per heavy atom. The molecule has 9 heteroatoms. The zero-order valence-electron chi connectivity index (χ0n) is 11.8. The van der Waals surface area contributed by atoms with Gasteiger partial charge in [0.05, 0.1) is 5.56 Å². The molecule has 1 aliphatic rings. The van der Waals surface area contributed by atoms with Gasteiger partial charge in [0.15, 0.2) is 11.4 Å². The summed E-state index contributed by atoms with van der Waals surface area (Å²) in [5.74, 6) is 0.437. The van der Waals surface area contributed by atoms with E-state index in [9.17, 15) is 13.2 Å². The molecule has 4 N–H and O–H groups in total. The monoisotopic (exact) mass is 323 g/mol. The van der Waals surface area contributed by atoms with E-state index in [2.05, 4.69) is 9.97 Å². The van der Waals surface area contributed by atoms with E-state index in [-0.39, 0.29) is 22.9 Å². The number of rotatable bonds is 1. The SMILES string of the molecule is Nc1nc(N2CC(N)C2)c2oc3ccc(C(F)(F)F)cc3c2n1. The molecule has 0 bridgehead atoms. The number of aromatic nitrogens is 2. The molecule has 0 saturated carbocycles. The van der Waals surface area contributed by atoms with E-state index in [4.69, 9.17) is 15.9 Å². The normalized spacial score (nSPS) is 16.3. The van der Waals surface area contributed by atoms with Gasteiger partial charge in [-0.2, -0.15) is 18.2 Å². The van der Waals surface area contributed by atoms with Crippen LogP contribution in [0.3, 0.4) is 0 Å². The van der Waals surface area contributed by atoms with E-state index in [0.29, 0.717) is 30.1 Å². The lowest BCUT2D eigenvalue weighted by molar-refractivity contribution is -0.137. The molecule has 1 aliphatic heterocycles. The summed E-state index contributed by atoms with van der Waals surface area (Å²) in [5, 5.41) is 0.259. The molecular weight excluding hydrogens is 311 g/mol. The third kappa shape index (κ3) is 2.15. The second kappa shape index (κ2) is 4.48. The predicted molar refractivity (Wildman–Crippen MR) is 78.9 cm³/mol. The topological polar surface area (TPSA) is 94.2 Å². The molecule has 120 valence electrons. The third-order valence-corrected chi connectivity index (χ3v) is 3.85. The maximum Gasteiger partial charge on any atom is 0.416 e. The number of anilines is 2. The van der Waals surface area contributed by atoms with Crippen molar-refractivity contribution < 1.29 is 17.6 Å². The summed E-state index contributed by atoms with van der Waals surface area (Å²) in [6.07, 6.45) is -4.44. The summed E-state index contributed by atoms with van der Waals surface area (Å²) in [6, 6.07) is 3.30. The average molecular weight is 323 g/mol. The van der Waals surface area contributed by atoms with Crippen LogP contribution in [0.2, 0.25) is 0 Å². The van der Waals surface area contributed by atoms with Gasteiger partial charge >= 0.3 is 6.18 Å². The number of hydrogen-bond donors (Lipinski definition) is 2. The number of alkyl halides is 3. The smallest absolute Gasteiger partial charge is 0.416 e. The van der Waals surface area contributed by atoms with Crippen LogP contribution in [0.1, 0.15) is 5.56 Å². The summed E-state index contributed by atoms with van der Waals surface area (Å²) in [7, 11) is 0. The summed E-state index contributed by atoms with van der Waals surface area (Å²) >= 11 is 0. The Hall–Kier alpha value is -2.55. The third-order valence-electron chi connectivity index (χ3n) is 3.85. The Balaban J connectivity index is 1.97. The van der Waals surface area contributed by atoms with E-state index in [1.807, 2.05) is 4.90 Å². The Labute approximate surface area is 127 Å². The van der Waals surface area contributed by atoms with Gasteiger partial charge < -0.3 is 20.8 Å². The maximum atomic E-state index is 12.9. The maximum absolute atomic E-state index is 12.9. The van der Waals surface area contributed by atoms with Crippen LogP contribution in [0.15, 0.2) is 22.6 Å². The lowest BCUT2D eigenvalue weighted by Crippen LogP contribution is -2.56. The fraction of sp³-hybridized carbons (Fsp3) is 0.286. The van der Waals surface area contributed by atoms with Crippen molar-refractivity contribution in [2.24, 2.45) is 5.73 Å². The first-order valence-corrected chi connectivity index (χ1v) is 6.90. The van der Waals surface area contributed by atoms with Crippen molar-refractivity contribution >= 4 is 33.8 Å². The van der Waals surface area contributed by atoms with Crippen LogP contribution in [0.4, 0.5) is 24.9 Å². The minimum atomic E-state index is -4.44. The van der Waals surface area contributed by atoms with Crippen molar-refractivity contribution in [2.75, 3.05) is 23.7 Å². The van der Waals surface area contributed by atoms with Crippen molar-refractivity contribution in [2.45, 2.75) is 12.2 Å². The van der Waals surface area contributed by atoms with E-state index in [0.717, 1.165) is 12.1 Å². The van der Waals surface area contributed by atoms with Crippen LogP contribution in [0.25, 0.3) is 22.1 Å². The zero-order chi connectivity index (χ0) is 16.4. The van der Waals surface area contributed by atoms with Crippen LogP contribution in [-0.4, -0.2) is 29.1 Å². The molecule has 1 saturated heterocycles. The van der Waals surface area contributed by atoms with Crippen molar-refractivity contribution in [1.82, 2.24) is 9.97 Å². The van der Waals surface area contributed by atoms with Crippen molar-refractivity contribution in [3.63, 3.8) is 0 Å². The standard InChI is InChI=1S/C14H12F3N5O/c15-14(16,17)6-1-2-9-8(3-6)10-11(23-9)12(21-13(19)20-10)22-4-7(18)5-22/h1-3,7H,4-5,18H2,(H2,19,20,21). The zero-order valence-corrected chi connectivity index (χ0v) is 11.8. The lowest BCUT2D eigenvalue weighted by atomic mass is 10.1. The molecule has 0 aliphatic carbocycles. The molecule has 1 fully saturated rings. The summed E-state index contributed by atoms with van der Waals surface area (Å²) < 4.78 is 44.4. The fourth-order valence-corrected chi connectivity index (χ4v) is 2.72. The van der Waals surface area contributed by atoms with E-state index < -0.39 is 11.7 Å². The number of nitrogens with two attached hydrogens (primary N) is 2. The number of furan rings is 1. The second-order valence-corrected chi connectivity index (χ2v) is 5.56. The molecule has 0 unspecified atom stereocenters. The minimum absolute atomic E-state index is 0.0203. The highest BCUT2D eigenvalue weighted by Gasteiger charge is 2.32. The first-order chi connectivity index (χ1) is 10.8.